The first-order valence-electron chi connectivity index (χ1n) is 5.77. The molecule has 1 rings (SSSR count). The Labute approximate surface area is 107 Å². The fourth-order valence-electron chi connectivity index (χ4n) is 1.92. The summed E-state index contributed by atoms with van der Waals surface area (Å²) in [6, 6.07) is 0. The lowest BCUT2D eigenvalue weighted by atomic mass is 9.95. The average Bonchev–Trinajstić information content (AvgIpc) is 2.26. The zero-order chi connectivity index (χ0) is 12.7. The van der Waals surface area contributed by atoms with E-state index in [1.54, 1.807) is 0 Å². The molecule has 1 aliphatic rings. The van der Waals surface area contributed by atoms with Crippen LogP contribution in [0.3, 0.4) is 0 Å². The van der Waals surface area contributed by atoms with Gasteiger partial charge in [-0.05, 0) is 44.1 Å². The molecular formula is C10H20O5S2. The van der Waals surface area contributed by atoms with Crippen LogP contribution in [-0.2, 0) is 19.0 Å². The van der Waals surface area contributed by atoms with Gasteiger partial charge in [-0.15, -0.1) is 0 Å². The summed E-state index contributed by atoms with van der Waals surface area (Å²) >= 11 is 1.40. The summed E-state index contributed by atoms with van der Waals surface area (Å²) in [6.07, 6.45) is 6.68. The van der Waals surface area contributed by atoms with Crippen molar-refractivity contribution in [3.05, 3.63) is 0 Å². The Balaban J connectivity index is 2.06. The molecule has 1 N–H and O–H groups in total. The van der Waals surface area contributed by atoms with Crippen LogP contribution in [0.2, 0.25) is 0 Å². The smallest absolute Gasteiger partial charge is 0.264 e. The molecule has 0 aromatic heterocycles. The van der Waals surface area contributed by atoms with E-state index >= 15 is 0 Å². The second-order valence-electron chi connectivity index (χ2n) is 4.17. The minimum atomic E-state index is -3.85. The standard InChI is InChI=1S/C10H20O5S2/c1-16-15-10-5-3-9(4-6-10)14-7-2-8-17(11,12)13/h9-10H,2-8H2,1H3,(H,11,12,13). The number of ether oxygens (including phenoxy) is 1. The van der Waals surface area contributed by atoms with Crippen LogP contribution in [0.25, 0.3) is 0 Å². The molecule has 7 heteroatoms. The normalized spacial score (nSPS) is 26.0. The molecule has 0 bridgehead atoms. The lowest BCUT2D eigenvalue weighted by Gasteiger charge is -2.27. The van der Waals surface area contributed by atoms with Crippen molar-refractivity contribution >= 4 is 22.2 Å². The van der Waals surface area contributed by atoms with Crippen LogP contribution in [0.15, 0.2) is 0 Å². The third kappa shape index (κ3) is 7.25. The maximum atomic E-state index is 10.5. The van der Waals surface area contributed by atoms with Crippen molar-refractivity contribution in [1.82, 2.24) is 0 Å². The number of hydrogen-bond acceptors (Lipinski definition) is 5. The van der Waals surface area contributed by atoms with Crippen LogP contribution >= 0.6 is 12.0 Å². The SMILES string of the molecule is CSOC1CCC(OCCCS(=O)(=O)O)CC1. The highest BCUT2D eigenvalue weighted by Crippen LogP contribution is 2.25. The highest BCUT2D eigenvalue weighted by Gasteiger charge is 2.22. The number of rotatable bonds is 7. The lowest BCUT2D eigenvalue weighted by Crippen LogP contribution is -2.25. The van der Waals surface area contributed by atoms with Gasteiger partial charge in [-0.25, -0.2) is 0 Å². The van der Waals surface area contributed by atoms with E-state index in [4.69, 9.17) is 13.5 Å². The topological polar surface area (TPSA) is 72.8 Å². The van der Waals surface area contributed by atoms with Crippen molar-refractivity contribution in [2.45, 2.75) is 44.3 Å². The summed E-state index contributed by atoms with van der Waals surface area (Å²) in [5.74, 6) is -0.224. The summed E-state index contributed by atoms with van der Waals surface area (Å²) in [5.41, 5.74) is 0. The van der Waals surface area contributed by atoms with Crippen LogP contribution in [0.1, 0.15) is 32.1 Å². The molecule has 0 unspecified atom stereocenters. The molecule has 17 heavy (non-hydrogen) atoms. The van der Waals surface area contributed by atoms with Gasteiger partial charge in [0.1, 0.15) is 0 Å². The molecule has 0 radical (unpaired) electrons. The Morgan fingerprint density at radius 1 is 1.24 bits per heavy atom. The quantitative estimate of drug-likeness (QED) is 0.437. The van der Waals surface area contributed by atoms with Gasteiger partial charge >= 0.3 is 0 Å². The van der Waals surface area contributed by atoms with Gasteiger partial charge in [0.25, 0.3) is 10.1 Å². The Hall–Kier alpha value is 0.180. The van der Waals surface area contributed by atoms with Crippen LogP contribution < -0.4 is 0 Å². The number of hydrogen-bond donors (Lipinski definition) is 1. The van der Waals surface area contributed by atoms with Gasteiger partial charge < -0.3 is 8.92 Å². The predicted octanol–water partition coefficient (Wildman–Crippen LogP) is 1.89. The Kier molecular flexibility index (Phi) is 6.79. The van der Waals surface area contributed by atoms with E-state index in [0.717, 1.165) is 25.7 Å². The maximum Gasteiger partial charge on any atom is 0.264 e. The fraction of sp³-hybridized carbons (Fsp3) is 1.00. The molecule has 0 saturated heterocycles. The van der Waals surface area contributed by atoms with Crippen LogP contribution in [0.4, 0.5) is 0 Å². The van der Waals surface area contributed by atoms with Crippen LogP contribution in [0, 0.1) is 0 Å². The fourth-order valence-corrected chi connectivity index (χ4v) is 2.87. The van der Waals surface area contributed by atoms with Gasteiger partial charge in [-0.1, -0.05) is 0 Å². The first-order chi connectivity index (χ1) is 8.01. The summed E-state index contributed by atoms with van der Waals surface area (Å²) in [5, 5.41) is 0. The molecule has 0 heterocycles. The lowest BCUT2D eigenvalue weighted by molar-refractivity contribution is 0.00679. The predicted molar refractivity (Wildman–Crippen MR) is 67.6 cm³/mol. The van der Waals surface area contributed by atoms with Gasteiger partial charge in [0, 0.05) is 12.9 Å². The van der Waals surface area contributed by atoms with Crippen LogP contribution in [-0.4, -0.2) is 43.8 Å². The van der Waals surface area contributed by atoms with Gasteiger partial charge in [0.05, 0.1) is 18.0 Å². The van der Waals surface area contributed by atoms with Crippen LogP contribution in [0.5, 0.6) is 0 Å². The zero-order valence-electron chi connectivity index (χ0n) is 10.0. The van der Waals surface area contributed by atoms with E-state index < -0.39 is 10.1 Å². The average molecular weight is 284 g/mol. The second-order valence-corrected chi connectivity index (χ2v) is 6.27. The van der Waals surface area contributed by atoms with Crippen molar-refractivity contribution in [3.63, 3.8) is 0 Å². The molecule has 5 nitrogen and oxygen atoms in total. The van der Waals surface area contributed by atoms with Crippen molar-refractivity contribution in [3.8, 4) is 0 Å². The molecule has 0 aliphatic heterocycles. The van der Waals surface area contributed by atoms with E-state index in [-0.39, 0.29) is 11.9 Å². The zero-order valence-corrected chi connectivity index (χ0v) is 11.6. The van der Waals surface area contributed by atoms with Gasteiger partial charge in [-0.3, -0.25) is 4.55 Å². The van der Waals surface area contributed by atoms with Gasteiger partial charge in [0.15, 0.2) is 0 Å². The second kappa shape index (κ2) is 7.58. The van der Waals surface area contributed by atoms with E-state index in [0.29, 0.717) is 19.1 Å². The monoisotopic (exact) mass is 284 g/mol. The van der Waals surface area contributed by atoms with Crippen molar-refractivity contribution < 1.29 is 21.9 Å². The van der Waals surface area contributed by atoms with Gasteiger partial charge in [-0.2, -0.15) is 8.42 Å². The Morgan fingerprint density at radius 2 is 1.82 bits per heavy atom. The molecule has 0 spiro atoms. The van der Waals surface area contributed by atoms with Gasteiger partial charge in [0.2, 0.25) is 0 Å². The summed E-state index contributed by atoms with van der Waals surface area (Å²) in [4.78, 5) is 0. The third-order valence-corrected chi connectivity index (χ3v) is 4.02. The molecule has 0 atom stereocenters. The Morgan fingerprint density at radius 3 is 2.35 bits per heavy atom. The highest BCUT2D eigenvalue weighted by molar-refractivity contribution is 7.93. The largest absolute Gasteiger partial charge is 0.378 e. The minimum Gasteiger partial charge on any atom is -0.378 e. The summed E-state index contributed by atoms with van der Waals surface area (Å²) in [7, 11) is -3.85. The maximum absolute atomic E-state index is 10.5. The summed E-state index contributed by atoms with van der Waals surface area (Å²) < 4.78 is 40.5. The molecular weight excluding hydrogens is 264 g/mol. The third-order valence-electron chi connectivity index (χ3n) is 2.75. The first kappa shape index (κ1) is 15.2. The van der Waals surface area contributed by atoms with Crippen molar-refractivity contribution in [2.24, 2.45) is 0 Å². The minimum absolute atomic E-state index is 0.207. The molecule has 102 valence electrons. The molecule has 0 aromatic carbocycles. The van der Waals surface area contributed by atoms with E-state index in [9.17, 15) is 8.42 Å². The van der Waals surface area contributed by atoms with E-state index in [1.807, 2.05) is 6.26 Å². The molecule has 1 fully saturated rings. The first-order valence-corrected chi connectivity index (χ1v) is 8.53. The Bertz CT molecular complexity index is 296. The summed E-state index contributed by atoms with van der Waals surface area (Å²) in [6.45, 7) is 0.387. The van der Waals surface area contributed by atoms with Crippen molar-refractivity contribution in [1.29, 1.82) is 0 Å². The van der Waals surface area contributed by atoms with E-state index in [1.165, 1.54) is 12.0 Å². The van der Waals surface area contributed by atoms with E-state index in [2.05, 4.69) is 0 Å². The molecule has 0 aromatic rings. The van der Waals surface area contributed by atoms with Crippen molar-refractivity contribution in [2.75, 3.05) is 18.6 Å². The molecule has 1 aliphatic carbocycles. The molecule has 1 saturated carbocycles. The highest BCUT2D eigenvalue weighted by atomic mass is 32.2. The molecule has 0 amide bonds.